The summed E-state index contributed by atoms with van der Waals surface area (Å²) in [5.41, 5.74) is 0.903. The van der Waals surface area contributed by atoms with Crippen LogP contribution in [0.25, 0.3) is 0 Å². The van der Waals surface area contributed by atoms with Crippen LogP contribution in [0, 0.1) is 4.78 Å². The Labute approximate surface area is 187 Å². The maximum atomic E-state index is 13.4. The molecule has 0 saturated heterocycles. The van der Waals surface area contributed by atoms with Gasteiger partial charge in [-0.15, -0.1) is 0 Å². The molecule has 0 amide bonds. The molecule has 0 radical (unpaired) electrons. The molecule has 0 aliphatic carbocycles. The standard InChI is InChI=1S/C22H25N5O4S/c1-2-3-9-26-19-10-17(22(28)29)11-20(21(19)31-18-7-5-4-6-8-18)32(23,30)27-14-16-12-24-15-25-13-16/h4-8,10-13,15,26H,2-3,9,14H2,1H3,(H,28,29)(H2,23,27,30). The van der Waals surface area contributed by atoms with Gasteiger partial charge in [0.05, 0.1) is 11.3 Å². The van der Waals surface area contributed by atoms with E-state index in [1.54, 1.807) is 36.7 Å². The molecule has 0 saturated carbocycles. The molecule has 0 aliphatic heterocycles. The predicted molar refractivity (Wildman–Crippen MR) is 121 cm³/mol. The van der Waals surface area contributed by atoms with Crippen LogP contribution in [0.4, 0.5) is 5.69 Å². The van der Waals surface area contributed by atoms with Crippen molar-refractivity contribution in [1.82, 2.24) is 14.7 Å². The van der Waals surface area contributed by atoms with E-state index < -0.39 is 15.9 Å². The van der Waals surface area contributed by atoms with E-state index in [9.17, 15) is 14.1 Å². The number of aromatic nitrogens is 2. The molecule has 3 aromatic rings. The van der Waals surface area contributed by atoms with Gasteiger partial charge in [-0.2, -0.15) is 0 Å². The molecule has 0 bridgehead atoms. The number of carbonyl (C=O) groups is 1. The molecule has 168 valence electrons. The van der Waals surface area contributed by atoms with Crippen molar-refractivity contribution in [1.29, 1.82) is 4.78 Å². The van der Waals surface area contributed by atoms with Gasteiger partial charge >= 0.3 is 5.97 Å². The lowest BCUT2D eigenvalue weighted by molar-refractivity contribution is 0.0696. The van der Waals surface area contributed by atoms with Crippen LogP contribution in [0.1, 0.15) is 35.7 Å². The maximum absolute atomic E-state index is 13.4. The van der Waals surface area contributed by atoms with Crippen molar-refractivity contribution in [3.05, 3.63) is 72.3 Å². The average molecular weight is 456 g/mol. The van der Waals surface area contributed by atoms with Crippen molar-refractivity contribution in [2.75, 3.05) is 11.9 Å². The van der Waals surface area contributed by atoms with Crippen LogP contribution in [-0.4, -0.2) is 31.8 Å². The summed E-state index contributed by atoms with van der Waals surface area (Å²) in [6.07, 6.45) is 6.24. The second-order valence-corrected chi connectivity index (χ2v) is 8.82. The molecule has 1 unspecified atom stereocenters. The third kappa shape index (κ3) is 6.02. The molecule has 0 aliphatic rings. The normalized spacial score (nSPS) is 12.7. The van der Waals surface area contributed by atoms with Crippen molar-refractivity contribution < 1.29 is 18.8 Å². The lowest BCUT2D eigenvalue weighted by Gasteiger charge is -2.20. The van der Waals surface area contributed by atoms with Gasteiger partial charge in [-0.1, -0.05) is 31.5 Å². The number of nitrogens with zero attached hydrogens (tertiary/aromatic N) is 2. The number of hydrogen-bond donors (Lipinski definition) is 4. The molecule has 1 atom stereocenters. The van der Waals surface area contributed by atoms with E-state index in [1.165, 1.54) is 18.5 Å². The first-order valence-electron chi connectivity index (χ1n) is 10.1. The van der Waals surface area contributed by atoms with Crippen molar-refractivity contribution in [3.63, 3.8) is 0 Å². The summed E-state index contributed by atoms with van der Waals surface area (Å²) >= 11 is 0. The summed E-state index contributed by atoms with van der Waals surface area (Å²) in [5, 5.41) is 12.8. The van der Waals surface area contributed by atoms with Gasteiger partial charge in [-0.25, -0.2) is 28.5 Å². The maximum Gasteiger partial charge on any atom is 0.335 e. The van der Waals surface area contributed by atoms with Crippen LogP contribution in [0.15, 0.2) is 66.1 Å². The molecule has 32 heavy (non-hydrogen) atoms. The highest BCUT2D eigenvalue weighted by Crippen LogP contribution is 2.38. The third-order valence-electron chi connectivity index (χ3n) is 4.51. The summed E-state index contributed by atoms with van der Waals surface area (Å²) in [7, 11) is -3.65. The third-order valence-corrected chi connectivity index (χ3v) is 5.99. The van der Waals surface area contributed by atoms with Gasteiger partial charge < -0.3 is 15.2 Å². The zero-order valence-electron chi connectivity index (χ0n) is 17.6. The number of carboxylic acids is 1. The average Bonchev–Trinajstić information content (AvgIpc) is 2.80. The fourth-order valence-electron chi connectivity index (χ4n) is 2.87. The zero-order chi connectivity index (χ0) is 23.0. The van der Waals surface area contributed by atoms with Gasteiger partial charge in [0.2, 0.25) is 0 Å². The Bertz CT molecular complexity index is 1160. The van der Waals surface area contributed by atoms with Crippen molar-refractivity contribution >= 4 is 21.6 Å². The van der Waals surface area contributed by atoms with E-state index in [-0.39, 0.29) is 22.8 Å². The van der Waals surface area contributed by atoms with E-state index in [4.69, 9.17) is 9.52 Å². The predicted octanol–water partition coefficient (Wildman–Crippen LogP) is 4.29. The van der Waals surface area contributed by atoms with Gasteiger partial charge in [0.1, 0.15) is 26.9 Å². The molecule has 3 rings (SSSR count). The fraction of sp³-hybridized carbons (Fsp3) is 0.227. The highest BCUT2D eigenvalue weighted by molar-refractivity contribution is 7.90. The largest absolute Gasteiger partial charge is 0.478 e. The molecular weight excluding hydrogens is 430 g/mol. The summed E-state index contributed by atoms with van der Waals surface area (Å²) in [6, 6.07) is 11.5. The number of para-hydroxylation sites is 1. The summed E-state index contributed by atoms with van der Waals surface area (Å²) in [6.45, 7) is 2.66. The molecule has 4 N–H and O–H groups in total. The van der Waals surface area contributed by atoms with Crippen molar-refractivity contribution in [3.8, 4) is 11.5 Å². The quantitative estimate of drug-likeness (QED) is 0.316. The lowest BCUT2D eigenvalue weighted by Crippen LogP contribution is -2.23. The number of anilines is 1. The number of nitrogens with one attached hydrogen (secondary N) is 3. The lowest BCUT2D eigenvalue weighted by atomic mass is 10.1. The number of hydrogen-bond acceptors (Lipinski definition) is 7. The van der Waals surface area contributed by atoms with E-state index in [0.29, 0.717) is 23.5 Å². The first-order valence-corrected chi connectivity index (χ1v) is 11.6. The van der Waals surface area contributed by atoms with Crippen LogP contribution in [-0.2, 0) is 16.5 Å². The monoisotopic (exact) mass is 455 g/mol. The van der Waals surface area contributed by atoms with Gasteiger partial charge in [-0.05, 0) is 30.7 Å². The molecule has 10 heteroatoms. The Balaban J connectivity index is 2.06. The minimum atomic E-state index is -3.65. The Morgan fingerprint density at radius 2 is 1.91 bits per heavy atom. The number of benzene rings is 2. The Hall–Kier alpha value is -3.50. The second-order valence-electron chi connectivity index (χ2n) is 6.98. The van der Waals surface area contributed by atoms with Crippen LogP contribution < -0.4 is 14.8 Å². The zero-order valence-corrected chi connectivity index (χ0v) is 18.4. The van der Waals surface area contributed by atoms with E-state index in [2.05, 4.69) is 20.0 Å². The summed E-state index contributed by atoms with van der Waals surface area (Å²) in [5.74, 6) is -0.571. The molecule has 1 aromatic heterocycles. The van der Waals surface area contributed by atoms with Crippen LogP contribution in [0.5, 0.6) is 11.5 Å². The van der Waals surface area contributed by atoms with Crippen LogP contribution in [0.2, 0.25) is 0 Å². The molecule has 0 spiro atoms. The Morgan fingerprint density at radius 1 is 1.19 bits per heavy atom. The van der Waals surface area contributed by atoms with E-state index in [0.717, 1.165) is 12.8 Å². The smallest absolute Gasteiger partial charge is 0.335 e. The van der Waals surface area contributed by atoms with Crippen molar-refractivity contribution in [2.45, 2.75) is 31.2 Å². The van der Waals surface area contributed by atoms with Crippen LogP contribution in [0.3, 0.4) is 0 Å². The topological polar surface area (TPSA) is 137 Å². The number of aromatic carboxylic acids is 1. The minimum Gasteiger partial charge on any atom is -0.478 e. The first-order chi connectivity index (χ1) is 15.4. The molecular formula is C22H25N5O4S. The number of rotatable bonds is 11. The van der Waals surface area contributed by atoms with Gasteiger partial charge in [-0.3, -0.25) is 0 Å². The van der Waals surface area contributed by atoms with E-state index >= 15 is 0 Å². The van der Waals surface area contributed by atoms with Gasteiger partial charge in [0, 0.05) is 31.0 Å². The Kier molecular flexibility index (Phi) is 7.74. The van der Waals surface area contributed by atoms with Gasteiger partial charge in [0.25, 0.3) is 0 Å². The molecule has 2 aromatic carbocycles. The SMILES string of the molecule is CCCCNc1cc(C(=O)O)cc(S(=N)(=O)NCc2cncnc2)c1Oc1ccccc1. The van der Waals surface area contributed by atoms with Gasteiger partial charge in [0.15, 0.2) is 5.75 Å². The van der Waals surface area contributed by atoms with Crippen LogP contribution >= 0.6 is 0 Å². The summed E-state index contributed by atoms with van der Waals surface area (Å²) in [4.78, 5) is 19.5. The first kappa shape index (κ1) is 23.2. The highest BCUT2D eigenvalue weighted by Gasteiger charge is 2.24. The number of unbranched alkanes of at least 4 members (excludes halogenated alkanes) is 1. The van der Waals surface area contributed by atoms with Crippen molar-refractivity contribution in [2.24, 2.45) is 0 Å². The summed E-state index contributed by atoms with van der Waals surface area (Å²) < 4.78 is 30.7. The second kappa shape index (κ2) is 10.7. The minimum absolute atomic E-state index is 0.0582. The van der Waals surface area contributed by atoms with E-state index in [1.807, 2.05) is 13.0 Å². The highest BCUT2D eigenvalue weighted by atomic mass is 32.2. The number of ether oxygens (including phenoxy) is 1. The Morgan fingerprint density at radius 3 is 2.56 bits per heavy atom. The molecule has 1 heterocycles. The fourth-order valence-corrected chi connectivity index (χ4v) is 4.10. The number of carboxylic acid groups (broad SMARTS) is 1. The molecule has 0 fully saturated rings. The molecule has 9 nitrogen and oxygen atoms in total.